The molecule has 0 spiro atoms. The second-order valence-corrected chi connectivity index (χ2v) is 7.04. The third-order valence-electron chi connectivity index (χ3n) is 2.74. The Balaban J connectivity index is 2.91. The zero-order valence-electron chi connectivity index (χ0n) is 12.0. The first-order chi connectivity index (χ1) is 9.53. The summed E-state index contributed by atoms with van der Waals surface area (Å²) in [6, 6.07) is 6.09. The van der Waals surface area contributed by atoms with Gasteiger partial charge in [-0.15, -0.1) is 0 Å². The smallest absolute Gasteiger partial charge is 0.310 e. The van der Waals surface area contributed by atoms with Gasteiger partial charge in [-0.25, -0.2) is 8.42 Å². The summed E-state index contributed by atoms with van der Waals surface area (Å²) in [5.41, 5.74) is -0.843. The molecular weight excluding hydrogens is 296 g/mol. The lowest BCUT2D eigenvalue weighted by Crippen LogP contribution is -2.39. The Bertz CT molecular complexity index is 652. The topological polar surface area (TPSA) is 113 Å². The number of carboxylic acids is 1. The normalized spacial score (nSPS) is 11.8. The van der Waals surface area contributed by atoms with Crippen LogP contribution in [0.25, 0.3) is 0 Å². The van der Waals surface area contributed by atoms with E-state index in [4.69, 9.17) is 5.11 Å². The molecule has 1 rings (SSSR count). The average Bonchev–Trinajstić information content (AvgIpc) is 2.34. The van der Waals surface area contributed by atoms with Gasteiger partial charge in [-0.2, -0.15) is 0 Å². The summed E-state index contributed by atoms with van der Waals surface area (Å²) < 4.78 is 24.8. The number of carbonyl (C=O) groups is 2. The largest absolute Gasteiger partial charge is 0.481 e. The highest BCUT2D eigenvalue weighted by Gasteiger charge is 2.28. The molecule has 1 amide bonds. The third kappa shape index (κ3) is 5.07. The molecule has 0 fully saturated rings. The molecule has 0 aliphatic rings. The van der Waals surface area contributed by atoms with Crippen molar-refractivity contribution in [3.05, 3.63) is 29.8 Å². The van der Waals surface area contributed by atoms with Gasteiger partial charge in [0.25, 0.3) is 5.91 Å². The summed E-state index contributed by atoms with van der Waals surface area (Å²) in [7, 11) is -3.51. The molecule has 0 saturated carbocycles. The Hall–Kier alpha value is -2.09. The van der Waals surface area contributed by atoms with Crippen LogP contribution in [0.4, 0.5) is 5.69 Å². The van der Waals surface area contributed by atoms with Crippen molar-refractivity contribution in [2.45, 2.75) is 13.8 Å². The maximum Gasteiger partial charge on any atom is 0.310 e. The molecule has 116 valence electrons. The SMILES string of the molecule is CC(C)(CNC(=O)c1ccccc1NS(C)(=O)=O)C(=O)O. The molecule has 0 unspecified atom stereocenters. The van der Waals surface area contributed by atoms with Crippen LogP contribution < -0.4 is 10.0 Å². The van der Waals surface area contributed by atoms with Gasteiger partial charge in [0.2, 0.25) is 10.0 Å². The van der Waals surface area contributed by atoms with Gasteiger partial charge in [0, 0.05) is 6.54 Å². The van der Waals surface area contributed by atoms with Crippen molar-refractivity contribution in [2.75, 3.05) is 17.5 Å². The predicted octanol–water partition coefficient (Wildman–Crippen LogP) is 0.899. The number of carboxylic acid groups (broad SMARTS) is 1. The maximum atomic E-state index is 12.1. The maximum absolute atomic E-state index is 12.1. The number of amides is 1. The average molecular weight is 314 g/mol. The molecule has 0 saturated heterocycles. The zero-order valence-corrected chi connectivity index (χ0v) is 12.8. The molecule has 8 heteroatoms. The molecule has 1 aromatic rings. The van der Waals surface area contributed by atoms with Crippen molar-refractivity contribution in [1.29, 1.82) is 0 Å². The number of sulfonamides is 1. The van der Waals surface area contributed by atoms with Crippen LogP contribution in [0.2, 0.25) is 0 Å². The van der Waals surface area contributed by atoms with Crippen LogP contribution in [0.1, 0.15) is 24.2 Å². The van der Waals surface area contributed by atoms with Gasteiger partial charge in [0.1, 0.15) is 0 Å². The van der Waals surface area contributed by atoms with Crippen LogP contribution in [0, 0.1) is 5.41 Å². The van der Waals surface area contributed by atoms with E-state index in [0.29, 0.717) is 0 Å². The van der Waals surface area contributed by atoms with Crippen molar-refractivity contribution in [3.8, 4) is 0 Å². The molecule has 0 aliphatic carbocycles. The van der Waals surface area contributed by atoms with E-state index in [9.17, 15) is 18.0 Å². The Morgan fingerprint density at radius 3 is 2.33 bits per heavy atom. The monoisotopic (exact) mass is 314 g/mol. The van der Waals surface area contributed by atoms with Gasteiger partial charge >= 0.3 is 5.97 Å². The van der Waals surface area contributed by atoms with E-state index < -0.39 is 27.3 Å². The van der Waals surface area contributed by atoms with Crippen molar-refractivity contribution in [2.24, 2.45) is 5.41 Å². The number of benzene rings is 1. The summed E-state index contributed by atoms with van der Waals surface area (Å²) in [5.74, 6) is -1.58. The minimum atomic E-state index is -3.51. The van der Waals surface area contributed by atoms with E-state index in [2.05, 4.69) is 10.0 Å². The first kappa shape index (κ1) is 17.0. The molecule has 0 aromatic heterocycles. The van der Waals surface area contributed by atoms with E-state index in [-0.39, 0.29) is 17.8 Å². The molecule has 1 aromatic carbocycles. The van der Waals surface area contributed by atoms with E-state index in [1.54, 1.807) is 12.1 Å². The van der Waals surface area contributed by atoms with Crippen LogP contribution in [-0.2, 0) is 14.8 Å². The van der Waals surface area contributed by atoms with E-state index in [0.717, 1.165) is 6.26 Å². The van der Waals surface area contributed by atoms with Crippen LogP contribution in [0.3, 0.4) is 0 Å². The van der Waals surface area contributed by atoms with Crippen LogP contribution in [-0.4, -0.2) is 38.2 Å². The van der Waals surface area contributed by atoms with E-state index in [1.165, 1.54) is 26.0 Å². The van der Waals surface area contributed by atoms with Gasteiger partial charge in [-0.1, -0.05) is 12.1 Å². The molecule has 0 atom stereocenters. The summed E-state index contributed by atoms with van der Waals surface area (Å²) in [5, 5.41) is 11.5. The number of para-hydroxylation sites is 1. The minimum absolute atomic E-state index is 0.0750. The number of carbonyl (C=O) groups excluding carboxylic acids is 1. The molecule has 7 nitrogen and oxygen atoms in total. The van der Waals surface area contributed by atoms with Gasteiger partial charge in [0.15, 0.2) is 0 Å². The number of anilines is 1. The highest BCUT2D eigenvalue weighted by atomic mass is 32.2. The summed E-state index contributed by atoms with van der Waals surface area (Å²) in [6.45, 7) is 2.89. The van der Waals surface area contributed by atoms with Gasteiger partial charge in [0.05, 0.1) is 22.9 Å². The second kappa shape index (κ2) is 6.13. The zero-order chi connectivity index (χ0) is 16.3. The van der Waals surface area contributed by atoms with Crippen LogP contribution in [0.15, 0.2) is 24.3 Å². The molecule has 0 aliphatic heterocycles. The number of nitrogens with one attached hydrogen (secondary N) is 2. The molecule has 0 heterocycles. The number of hydrogen-bond donors (Lipinski definition) is 3. The summed E-state index contributed by atoms with van der Waals surface area (Å²) >= 11 is 0. The Labute approximate surface area is 123 Å². The van der Waals surface area contributed by atoms with Gasteiger partial charge in [-0.3, -0.25) is 14.3 Å². The molecular formula is C13H18N2O5S. The lowest BCUT2D eigenvalue weighted by molar-refractivity contribution is -0.146. The van der Waals surface area contributed by atoms with Gasteiger partial charge in [-0.05, 0) is 26.0 Å². The molecule has 0 bridgehead atoms. The van der Waals surface area contributed by atoms with Crippen molar-refractivity contribution in [1.82, 2.24) is 5.32 Å². The first-order valence-electron chi connectivity index (χ1n) is 6.11. The predicted molar refractivity (Wildman–Crippen MR) is 78.7 cm³/mol. The highest BCUT2D eigenvalue weighted by Crippen LogP contribution is 2.18. The number of aliphatic carboxylic acids is 1. The fourth-order valence-corrected chi connectivity index (χ4v) is 2.02. The van der Waals surface area contributed by atoms with Crippen LogP contribution >= 0.6 is 0 Å². The Morgan fingerprint density at radius 2 is 1.81 bits per heavy atom. The molecule has 3 N–H and O–H groups in total. The van der Waals surface area contributed by atoms with Crippen LogP contribution in [0.5, 0.6) is 0 Å². The quantitative estimate of drug-likeness (QED) is 0.722. The van der Waals surface area contributed by atoms with E-state index in [1.807, 2.05) is 0 Å². The van der Waals surface area contributed by atoms with Crippen molar-refractivity contribution in [3.63, 3.8) is 0 Å². The fraction of sp³-hybridized carbons (Fsp3) is 0.385. The Kier molecular flexibility index (Phi) is 4.95. The number of hydrogen-bond acceptors (Lipinski definition) is 4. The highest BCUT2D eigenvalue weighted by molar-refractivity contribution is 7.92. The summed E-state index contributed by atoms with van der Waals surface area (Å²) in [6.07, 6.45) is 0.981. The number of rotatable bonds is 6. The first-order valence-corrected chi connectivity index (χ1v) is 8.00. The standard InChI is InChI=1S/C13H18N2O5S/c1-13(2,12(17)18)8-14-11(16)9-6-4-5-7-10(9)15-21(3,19)20/h4-7,15H,8H2,1-3H3,(H,14,16)(H,17,18). The minimum Gasteiger partial charge on any atom is -0.481 e. The molecule has 0 radical (unpaired) electrons. The lowest BCUT2D eigenvalue weighted by Gasteiger charge is -2.20. The third-order valence-corrected chi connectivity index (χ3v) is 3.33. The Morgan fingerprint density at radius 1 is 1.24 bits per heavy atom. The second-order valence-electron chi connectivity index (χ2n) is 5.29. The fourth-order valence-electron chi connectivity index (χ4n) is 1.44. The van der Waals surface area contributed by atoms with E-state index >= 15 is 0 Å². The van der Waals surface area contributed by atoms with Gasteiger partial charge < -0.3 is 10.4 Å². The summed E-state index contributed by atoms with van der Waals surface area (Å²) in [4.78, 5) is 23.1. The van der Waals surface area contributed by atoms with Crippen molar-refractivity contribution >= 4 is 27.6 Å². The molecule has 21 heavy (non-hydrogen) atoms. The lowest BCUT2D eigenvalue weighted by atomic mass is 9.94. The van der Waals surface area contributed by atoms with Crippen molar-refractivity contribution < 1.29 is 23.1 Å².